The van der Waals surface area contributed by atoms with Crippen LogP contribution in [0.15, 0.2) is 34.8 Å². The van der Waals surface area contributed by atoms with Crippen LogP contribution in [0, 0.1) is 0 Å². The van der Waals surface area contributed by atoms with Crippen LogP contribution in [0.1, 0.15) is 32.5 Å². The van der Waals surface area contributed by atoms with Gasteiger partial charge in [-0.1, -0.05) is 41.9 Å². The van der Waals surface area contributed by atoms with E-state index in [0.29, 0.717) is 0 Å². The van der Waals surface area contributed by atoms with Gasteiger partial charge in [-0.25, -0.2) is 9.97 Å². The van der Waals surface area contributed by atoms with Gasteiger partial charge in [0.25, 0.3) is 0 Å². The van der Waals surface area contributed by atoms with E-state index in [1.807, 2.05) is 18.2 Å². The zero-order valence-electron chi connectivity index (χ0n) is 12.0. The molecule has 0 saturated carbocycles. The number of hydrogen-bond donors (Lipinski definition) is 1. The number of aromatic nitrogens is 2. The van der Waals surface area contributed by atoms with E-state index in [2.05, 4.69) is 57.2 Å². The molecule has 0 aliphatic rings. The van der Waals surface area contributed by atoms with Crippen molar-refractivity contribution in [3.05, 3.63) is 40.6 Å². The van der Waals surface area contributed by atoms with E-state index in [0.717, 1.165) is 53.2 Å². The van der Waals surface area contributed by atoms with Crippen molar-refractivity contribution >= 4 is 21.7 Å². The van der Waals surface area contributed by atoms with Crippen molar-refractivity contribution < 1.29 is 0 Å². The van der Waals surface area contributed by atoms with Crippen LogP contribution in [0.4, 0.5) is 5.82 Å². The molecule has 0 radical (unpaired) electrons. The van der Waals surface area contributed by atoms with Gasteiger partial charge in [0.1, 0.15) is 11.6 Å². The summed E-state index contributed by atoms with van der Waals surface area (Å²) in [5, 5.41) is 3.35. The lowest BCUT2D eigenvalue weighted by atomic mass is 10.1. The Morgan fingerprint density at radius 2 is 1.80 bits per heavy atom. The summed E-state index contributed by atoms with van der Waals surface area (Å²) in [6.07, 6.45) is 3.04. The first-order chi connectivity index (χ1) is 9.72. The zero-order chi connectivity index (χ0) is 14.4. The fourth-order valence-electron chi connectivity index (χ4n) is 1.94. The second-order valence-corrected chi connectivity index (χ2v) is 5.65. The molecule has 0 fully saturated rings. The maximum Gasteiger partial charge on any atom is 0.131 e. The molecule has 1 aromatic carbocycles. The van der Waals surface area contributed by atoms with Gasteiger partial charge in [0.2, 0.25) is 0 Å². The minimum atomic E-state index is 0.908. The Labute approximate surface area is 129 Å². The van der Waals surface area contributed by atoms with Gasteiger partial charge in [-0.05, 0) is 25.0 Å². The molecule has 0 aliphatic heterocycles. The van der Waals surface area contributed by atoms with E-state index in [-0.39, 0.29) is 0 Å². The van der Waals surface area contributed by atoms with Crippen molar-refractivity contribution in [1.82, 2.24) is 9.97 Å². The largest absolute Gasteiger partial charge is 0.370 e. The van der Waals surface area contributed by atoms with Crippen LogP contribution in [0.2, 0.25) is 0 Å². The van der Waals surface area contributed by atoms with Crippen LogP contribution in [0.3, 0.4) is 0 Å². The monoisotopic (exact) mass is 333 g/mol. The van der Waals surface area contributed by atoms with Crippen LogP contribution >= 0.6 is 15.9 Å². The number of rotatable bonds is 6. The summed E-state index contributed by atoms with van der Waals surface area (Å²) in [5.41, 5.74) is 2.10. The first-order valence-corrected chi connectivity index (χ1v) is 7.90. The maximum atomic E-state index is 4.66. The van der Waals surface area contributed by atoms with Crippen LogP contribution in [-0.4, -0.2) is 16.5 Å². The van der Waals surface area contributed by atoms with Gasteiger partial charge in [0.05, 0.1) is 5.69 Å². The van der Waals surface area contributed by atoms with Gasteiger partial charge in [-0.2, -0.15) is 0 Å². The van der Waals surface area contributed by atoms with E-state index >= 15 is 0 Å². The molecule has 2 rings (SSSR count). The van der Waals surface area contributed by atoms with E-state index in [4.69, 9.17) is 0 Å². The topological polar surface area (TPSA) is 37.8 Å². The molecule has 2 aromatic rings. The molecule has 0 atom stereocenters. The predicted octanol–water partition coefficient (Wildman–Crippen LogP) is 4.68. The summed E-state index contributed by atoms with van der Waals surface area (Å²) in [5.74, 6) is 1.83. The van der Waals surface area contributed by atoms with Crippen molar-refractivity contribution in [2.45, 2.75) is 33.1 Å². The maximum absolute atomic E-state index is 4.66. The second kappa shape index (κ2) is 7.39. The van der Waals surface area contributed by atoms with Gasteiger partial charge < -0.3 is 5.32 Å². The Morgan fingerprint density at radius 1 is 1.05 bits per heavy atom. The van der Waals surface area contributed by atoms with Crippen molar-refractivity contribution in [2.24, 2.45) is 0 Å². The SMILES string of the molecule is CCCNc1cc(-c2ccc(Br)cc2)nc(CCC)n1. The van der Waals surface area contributed by atoms with E-state index in [1.54, 1.807) is 0 Å². The Bertz CT molecular complexity index is 552. The third kappa shape index (κ3) is 4.04. The summed E-state index contributed by atoms with van der Waals surface area (Å²) in [6.45, 7) is 5.23. The average Bonchev–Trinajstić information content (AvgIpc) is 2.46. The number of hydrogen-bond acceptors (Lipinski definition) is 3. The normalized spacial score (nSPS) is 10.6. The van der Waals surface area contributed by atoms with Gasteiger partial charge >= 0.3 is 0 Å². The standard InChI is InChI=1S/C16H20BrN3/c1-3-5-15-19-14(11-16(20-15)18-10-4-2)12-6-8-13(17)9-7-12/h6-9,11H,3-5,10H2,1-2H3,(H,18,19,20). The Hall–Kier alpha value is -1.42. The molecular weight excluding hydrogens is 314 g/mol. The summed E-state index contributed by atoms with van der Waals surface area (Å²) in [4.78, 5) is 9.24. The highest BCUT2D eigenvalue weighted by Gasteiger charge is 2.06. The minimum absolute atomic E-state index is 0.908. The first kappa shape index (κ1) is 15.0. The number of anilines is 1. The molecule has 0 amide bonds. The molecule has 0 unspecified atom stereocenters. The molecule has 106 valence electrons. The lowest BCUT2D eigenvalue weighted by molar-refractivity contribution is 0.834. The van der Waals surface area contributed by atoms with Crippen molar-refractivity contribution in [3.8, 4) is 11.3 Å². The molecule has 4 heteroatoms. The number of nitrogens with one attached hydrogen (secondary N) is 1. The zero-order valence-corrected chi connectivity index (χ0v) is 13.6. The smallest absolute Gasteiger partial charge is 0.131 e. The number of halogens is 1. The Balaban J connectivity index is 2.34. The highest BCUT2D eigenvalue weighted by atomic mass is 79.9. The molecule has 1 aromatic heterocycles. The Morgan fingerprint density at radius 3 is 2.45 bits per heavy atom. The third-order valence-electron chi connectivity index (χ3n) is 2.94. The van der Waals surface area contributed by atoms with Gasteiger partial charge in [0.15, 0.2) is 0 Å². The number of benzene rings is 1. The number of nitrogens with zero attached hydrogens (tertiary/aromatic N) is 2. The lowest BCUT2D eigenvalue weighted by Crippen LogP contribution is -2.06. The quantitative estimate of drug-likeness (QED) is 0.833. The predicted molar refractivity (Wildman–Crippen MR) is 87.9 cm³/mol. The molecule has 0 aliphatic carbocycles. The first-order valence-electron chi connectivity index (χ1n) is 7.10. The van der Waals surface area contributed by atoms with E-state index < -0.39 is 0 Å². The molecule has 20 heavy (non-hydrogen) atoms. The van der Waals surface area contributed by atoms with E-state index in [9.17, 15) is 0 Å². The number of aryl methyl sites for hydroxylation is 1. The fourth-order valence-corrected chi connectivity index (χ4v) is 2.21. The summed E-state index contributed by atoms with van der Waals surface area (Å²) >= 11 is 3.46. The summed E-state index contributed by atoms with van der Waals surface area (Å²) in [7, 11) is 0. The van der Waals surface area contributed by atoms with Gasteiger partial charge in [-0.15, -0.1) is 0 Å². The van der Waals surface area contributed by atoms with Gasteiger partial charge in [0, 0.05) is 29.1 Å². The molecule has 3 nitrogen and oxygen atoms in total. The summed E-state index contributed by atoms with van der Waals surface area (Å²) < 4.78 is 1.08. The van der Waals surface area contributed by atoms with E-state index in [1.165, 1.54) is 0 Å². The molecule has 0 saturated heterocycles. The minimum Gasteiger partial charge on any atom is -0.370 e. The molecule has 0 bridgehead atoms. The van der Waals surface area contributed by atoms with Crippen molar-refractivity contribution in [1.29, 1.82) is 0 Å². The second-order valence-electron chi connectivity index (χ2n) is 4.74. The highest BCUT2D eigenvalue weighted by molar-refractivity contribution is 9.10. The molecule has 1 N–H and O–H groups in total. The lowest BCUT2D eigenvalue weighted by Gasteiger charge is -2.09. The average molecular weight is 334 g/mol. The van der Waals surface area contributed by atoms with Crippen LogP contribution in [0.25, 0.3) is 11.3 Å². The highest BCUT2D eigenvalue weighted by Crippen LogP contribution is 2.22. The van der Waals surface area contributed by atoms with Crippen LogP contribution < -0.4 is 5.32 Å². The molecular formula is C16H20BrN3. The van der Waals surface area contributed by atoms with Gasteiger partial charge in [-0.3, -0.25) is 0 Å². The van der Waals surface area contributed by atoms with Crippen LogP contribution in [0.5, 0.6) is 0 Å². The molecule has 0 spiro atoms. The van der Waals surface area contributed by atoms with Crippen molar-refractivity contribution in [2.75, 3.05) is 11.9 Å². The molecule has 1 heterocycles. The summed E-state index contributed by atoms with van der Waals surface area (Å²) in [6, 6.07) is 10.3. The fraction of sp³-hybridized carbons (Fsp3) is 0.375. The van der Waals surface area contributed by atoms with Crippen LogP contribution in [-0.2, 0) is 6.42 Å². The van der Waals surface area contributed by atoms with Crippen molar-refractivity contribution in [3.63, 3.8) is 0 Å². The third-order valence-corrected chi connectivity index (χ3v) is 3.47. The Kier molecular flexibility index (Phi) is 5.53.